The third-order valence-electron chi connectivity index (χ3n) is 11.0. The molecule has 17 nitrogen and oxygen atoms in total. The van der Waals surface area contributed by atoms with Gasteiger partial charge in [-0.3, -0.25) is 9.59 Å². The average Bonchev–Trinajstić information content (AvgIpc) is 3.26. The highest BCUT2D eigenvalue weighted by Gasteiger charge is 2.44. The Labute approximate surface area is 412 Å². The first-order valence-electron chi connectivity index (χ1n) is 22.2. The summed E-state index contributed by atoms with van der Waals surface area (Å²) in [6.45, 7) is 32.5. The lowest BCUT2D eigenvalue weighted by molar-refractivity contribution is -0.138. The number of benzene rings is 2. The molecule has 0 aliphatic carbocycles. The molecule has 2 aromatic carbocycles. The summed E-state index contributed by atoms with van der Waals surface area (Å²) in [6.07, 6.45) is 6.12. The summed E-state index contributed by atoms with van der Waals surface area (Å²) in [5.74, 6) is 2.29. The zero-order chi connectivity index (χ0) is 49.2. The third-order valence-corrected chi connectivity index (χ3v) is 12.6. The van der Waals surface area contributed by atoms with Gasteiger partial charge in [-0.15, -0.1) is 0 Å². The Morgan fingerprint density at radius 2 is 1.22 bits per heavy atom. The molecule has 2 aromatic heterocycles. The summed E-state index contributed by atoms with van der Waals surface area (Å²) >= 11 is 13.9. The van der Waals surface area contributed by atoms with Gasteiger partial charge in [-0.1, -0.05) is 67.9 Å². The molecule has 8 rings (SSSR count). The minimum absolute atomic E-state index is 0.0145. The van der Waals surface area contributed by atoms with E-state index in [1.165, 1.54) is 24.4 Å². The van der Waals surface area contributed by atoms with E-state index in [1.807, 2.05) is 60.3 Å². The van der Waals surface area contributed by atoms with Crippen LogP contribution in [0.2, 0.25) is 10.0 Å². The van der Waals surface area contributed by atoms with E-state index in [4.69, 9.17) is 55.3 Å². The summed E-state index contributed by atoms with van der Waals surface area (Å²) in [7, 11) is 0. The number of carbonyl (C=O) groups is 2. The van der Waals surface area contributed by atoms with Crippen molar-refractivity contribution in [3.63, 3.8) is 0 Å². The van der Waals surface area contributed by atoms with E-state index < -0.39 is 0 Å². The molecule has 4 fully saturated rings. The number of amides is 1. The van der Waals surface area contributed by atoms with Gasteiger partial charge in [-0.2, -0.15) is 0 Å². The van der Waals surface area contributed by atoms with Crippen LogP contribution in [0.25, 0.3) is 9.69 Å². The van der Waals surface area contributed by atoms with Crippen molar-refractivity contribution >= 4 is 81.1 Å². The number of rotatable bonds is 9. The fraction of sp³-hybridized carbons (Fsp3) is 0.500. The van der Waals surface area contributed by atoms with Gasteiger partial charge in [-0.05, 0) is 58.9 Å². The molecule has 0 spiro atoms. The Balaban J connectivity index is 0.000000200. The topological polar surface area (TPSA) is 180 Å². The maximum atomic E-state index is 13.0. The second-order valence-corrected chi connectivity index (χ2v) is 21.3. The minimum atomic E-state index is -0.318. The average molecular weight is 990 g/mol. The van der Waals surface area contributed by atoms with Crippen LogP contribution in [0.15, 0.2) is 49.1 Å². The number of hydrogen-bond acceptors (Lipinski definition) is 15. The summed E-state index contributed by atoms with van der Waals surface area (Å²) in [6, 6.07) is 10.8. The van der Waals surface area contributed by atoms with Gasteiger partial charge >= 0.3 is 0 Å². The van der Waals surface area contributed by atoms with E-state index >= 15 is 0 Å². The molecule has 4 aromatic rings. The van der Waals surface area contributed by atoms with Crippen LogP contribution in [0.5, 0.6) is 11.8 Å². The number of morpholine rings is 2. The van der Waals surface area contributed by atoms with Crippen molar-refractivity contribution in [2.75, 3.05) is 37.1 Å². The maximum Gasteiger partial charge on any atom is 0.293 e. The number of aromatic nitrogens is 4. The summed E-state index contributed by atoms with van der Waals surface area (Å²) in [5, 5.41) is 11.0. The molecule has 4 saturated heterocycles. The Morgan fingerprint density at radius 3 is 1.62 bits per heavy atom. The SMILES string of the molecule is CC(C)(C)OC=O.[C-]#[N+]c1ccc(Nc2ncnc(OC3CC4COCC(C3)N4)c2C)c(Cl)c1.[C-]#[N+]c1ccc(Nc2ncnc(OC3CC4COCC(C3)N4C(=O)SC(C)(C)C)c2C)c(Cl)c1. The molecule has 20 heteroatoms. The molecule has 0 radical (unpaired) electrons. The van der Waals surface area contributed by atoms with Gasteiger partial charge in [-0.25, -0.2) is 29.6 Å². The molecule has 362 valence electrons. The van der Waals surface area contributed by atoms with Crippen molar-refractivity contribution in [3.05, 3.63) is 93.1 Å². The minimum Gasteiger partial charge on any atom is -0.474 e. The second kappa shape index (κ2) is 23.2. The first-order valence-corrected chi connectivity index (χ1v) is 23.8. The highest BCUT2D eigenvalue weighted by Crippen LogP contribution is 2.38. The number of piperidine rings is 2. The largest absolute Gasteiger partial charge is 0.474 e. The van der Waals surface area contributed by atoms with Crippen molar-refractivity contribution in [1.82, 2.24) is 30.2 Å². The van der Waals surface area contributed by atoms with Gasteiger partial charge < -0.3 is 44.5 Å². The normalized spacial score (nSPS) is 21.7. The van der Waals surface area contributed by atoms with Gasteiger partial charge in [0.15, 0.2) is 11.4 Å². The highest BCUT2D eigenvalue weighted by atomic mass is 35.5. The number of nitrogens with zero attached hydrogens (tertiary/aromatic N) is 7. The molecule has 4 atom stereocenters. The predicted octanol–water partition coefficient (Wildman–Crippen LogP) is 10.6. The van der Waals surface area contributed by atoms with Gasteiger partial charge in [0, 0.05) is 42.5 Å². The summed E-state index contributed by atoms with van der Waals surface area (Å²) < 4.78 is 28.3. The van der Waals surface area contributed by atoms with Gasteiger partial charge in [0.1, 0.15) is 42.1 Å². The number of halogens is 2. The van der Waals surface area contributed by atoms with E-state index in [0.29, 0.717) is 101 Å². The number of nitrogens with one attached hydrogen (secondary N) is 3. The molecule has 3 N–H and O–H groups in total. The molecule has 4 aliphatic heterocycles. The molecular weight excluding hydrogens is 932 g/mol. The molecule has 4 unspecified atom stereocenters. The van der Waals surface area contributed by atoms with Crippen LogP contribution >= 0.6 is 35.0 Å². The molecule has 68 heavy (non-hydrogen) atoms. The quantitative estimate of drug-likeness (QED) is 0.106. The van der Waals surface area contributed by atoms with Crippen molar-refractivity contribution in [1.29, 1.82) is 0 Å². The molecule has 6 heterocycles. The fourth-order valence-electron chi connectivity index (χ4n) is 7.88. The lowest BCUT2D eigenvalue weighted by atomic mass is 9.92. The fourth-order valence-corrected chi connectivity index (χ4v) is 9.25. The number of hydrogen-bond donors (Lipinski definition) is 3. The third kappa shape index (κ3) is 14.5. The van der Waals surface area contributed by atoms with E-state index in [1.54, 1.807) is 36.4 Å². The van der Waals surface area contributed by atoms with Gasteiger partial charge in [0.05, 0.1) is 84.2 Å². The van der Waals surface area contributed by atoms with Crippen molar-refractivity contribution < 1.29 is 33.3 Å². The Hall–Kier alpha value is -5.47. The molecule has 0 saturated carbocycles. The standard InChI is InChI=1S/C24H28ClN5O3S.C19H20ClN5O2.C5H10O2/c1-14-21(29-20-7-6-15(26-5)8-19(20)25)27-13-28-22(14)33-18-9-16-11-32-12-17(10-18)30(16)23(31)34-24(2,3)4;1-11-18(25-17-4-3-12(21-2)7-16(17)20)22-10-23-19(11)27-15-5-13-8-26-9-14(6-15)24-13;1-5(2,3)7-4-6/h6-8,13,16-18H,9-12H2,1-4H3,(H,27,28,29);3-4,7,10,13-15,24H,5-6,8-9H2,1H3,(H,22,23,25);4H,1-3H3. The van der Waals surface area contributed by atoms with Crippen LogP contribution in [0.4, 0.5) is 39.2 Å². The molecular formula is C48H58Cl2N10O7S. The Kier molecular flexibility index (Phi) is 17.7. The number of anilines is 4. The predicted molar refractivity (Wildman–Crippen MR) is 264 cm³/mol. The van der Waals surface area contributed by atoms with Crippen molar-refractivity contribution in [3.8, 4) is 11.8 Å². The smallest absolute Gasteiger partial charge is 0.293 e. The van der Waals surface area contributed by atoms with E-state index in [9.17, 15) is 9.59 Å². The highest BCUT2D eigenvalue weighted by molar-refractivity contribution is 8.14. The van der Waals surface area contributed by atoms with Crippen LogP contribution in [0.3, 0.4) is 0 Å². The number of thioether (sulfide) groups is 1. The molecule has 4 bridgehead atoms. The van der Waals surface area contributed by atoms with Crippen LogP contribution in [0.1, 0.15) is 78.4 Å². The van der Waals surface area contributed by atoms with Crippen LogP contribution < -0.4 is 25.4 Å². The van der Waals surface area contributed by atoms with E-state index in [2.05, 4.69) is 50.3 Å². The Morgan fingerprint density at radius 1 is 0.765 bits per heavy atom. The van der Waals surface area contributed by atoms with Crippen LogP contribution in [-0.2, 0) is 19.0 Å². The summed E-state index contributed by atoms with van der Waals surface area (Å²) in [4.78, 5) is 48.7. The van der Waals surface area contributed by atoms with Crippen LogP contribution in [0, 0.1) is 27.0 Å². The molecule has 1 amide bonds. The lowest BCUT2D eigenvalue weighted by Gasteiger charge is -2.48. The second-order valence-electron chi connectivity index (χ2n) is 18.7. The van der Waals surface area contributed by atoms with Crippen molar-refractivity contribution in [2.45, 2.75) is 128 Å². The maximum absolute atomic E-state index is 13.0. The number of carbonyl (C=O) groups excluding carboxylic acids is 2. The number of ether oxygens (including phenoxy) is 5. The first kappa shape index (κ1) is 51.9. The number of fused-ring (bicyclic) bond motifs is 4. The van der Waals surface area contributed by atoms with E-state index in [-0.39, 0.29) is 39.9 Å². The van der Waals surface area contributed by atoms with E-state index in [0.717, 1.165) is 37.2 Å². The zero-order valence-corrected chi connectivity index (χ0v) is 41.8. The summed E-state index contributed by atoms with van der Waals surface area (Å²) in [5.41, 5.74) is 3.57. The Bertz CT molecular complexity index is 2470. The zero-order valence-electron chi connectivity index (χ0n) is 39.5. The monoisotopic (exact) mass is 988 g/mol. The lowest BCUT2D eigenvalue weighted by Crippen LogP contribution is -2.60. The molecule has 4 aliphatic rings. The van der Waals surface area contributed by atoms with Gasteiger partial charge in [0.25, 0.3) is 11.7 Å². The van der Waals surface area contributed by atoms with Crippen molar-refractivity contribution in [2.24, 2.45) is 0 Å². The van der Waals surface area contributed by atoms with Crippen LogP contribution in [-0.4, -0.2) is 110 Å². The van der Waals surface area contributed by atoms with Gasteiger partial charge in [0.2, 0.25) is 11.8 Å². The first-order chi connectivity index (χ1) is 32.3.